The van der Waals surface area contributed by atoms with Gasteiger partial charge in [-0.2, -0.15) is 14.7 Å². The molecule has 0 rings (SSSR count). The smallest absolute Gasteiger partial charge is 0.294 e. The summed E-state index contributed by atoms with van der Waals surface area (Å²) < 4.78 is 0. The number of rotatable bonds is 3. The lowest BCUT2D eigenvalue weighted by molar-refractivity contribution is -0.114. The minimum Gasteiger partial charge on any atom is -0.294 e. The molecule has 9 heavy (non-hydrogen) atoms. The predicted molar refractivity (Wildman–Crippen MR) is 37.2 cm³/mol. The lowest BCUT2D eigenvalue weighted by atomic mass is 10.5. The summed E-state index contributed by atoms with van der Waals surface area (Å²) in [5, 5.41) is 0.0381. The van der Waals surface area contributed by atoms with Crippen LogP contribution in [0.4, 0.5) is 0 Å². The van der Waals surface area contributed by atoms with Crippen molar-refractivity contribution >= 4 is 29.7 Å². The maximum atomic E-state index is 10.3. The predicted octanol–water partition coefficient (Wildman–Crippen LogP) is -0.310. The third kappa shape index (κ3) is 6.34. The third-order valence-electron chi connectivity index (χ3n) is 0.538. The van der Waals surface area contributed by atoms with Crippen LogP contribution < -0.4 is 0 Å². The number of ketones is 1. The van der Waals surface area contributed by atoms with E-state index in [1.54, 1.807) is 0 Å². The van der Waals surface area contributed by atoms with Crippen LogP contribution in [-0.4, -0.2) is 32.0 Å². The molecule has 0 aromatic carbocycles. The average molecular weight is 218 g/mol. The fourth-order valence-electron chi connectivity index (χ4n) is 0.279. The van der Waals surface area contributed by atoms with E-state index in [0.29, 0.717) is 0 Å². The molecule has 0 amide bonds. The van der Waals surface area contributed by atoms with Gasteiger partial charge >= 0.3 is 7.94 Å². The highest BCUT2D eigenvalue weighted by atomic mass is 79.9. The van der Waals surface area contributed by atoms with Crippen molar-refractivity contribution in [1.82, 2.24) is 0 Å². The van der Waals surface area contributed by atoms with E-state index < -0.39 is 19.9 Å². The number of carbonyl (C=O) groups excluding carboxylic acids is 1. The van der Waals surface area contributed by atoms with Crippen molar-refractivity contribution in [1.29, 1.82) is 0 Å². The first-order valence-corrected chi connectivity index (χ1v) is 5.05. The topological polar surface area (TPSA) is 77.8 Å². The van der Waals surface area contributed by atoms with E-state index in [-0.39, 0.29) is 5.33 Å². The molecule has 3 N–H and O–H groups in total. The Morgan fingerprint density at radius 2 is 1.89 bits per heavy atom. The Morgan fingerprint density at radius 3 is 2.00 bits per heavy atom. The van der Waals surface area contributed by atoms with Crippen molar-refractivity contribution in [2.75, 3.05) is 11.5 Å². The summed E-state index contributed by atoms with van der Waals surface area (Å²) in [5.41, 5.74) is 0. The van der Waals surface area contributed by atoms with Gasteiger partial charge in [-0.15, -0.1) is 0 Å². The Balaban J connectivity index is 3.60. The summed E-state index contributed by atoms with van der Waals surface area (Å²) in [4.78, 5) is 35.2. The zero-order chi connectivity index (χ0) is 7.49. The van der Waals surface area contributed by atoms with Crippen molar-refractivity contribution in [3.63, 3.8) is 0 Å². The van der Waals surface area contributed by atoms with Crippen molar-refractivity contribution < 1.29 is 19.5 Å². The number of halogens is 1. The fraction of sp³-hybridized carbons (Fsp3) is 0.667. The molecule has 0 aliphatic carbocycles. The molecule has 0 atom stereocenters. The number of carbonyl (C=O) groups is 1. The molecule has 6 heteroatoms. The molecule has 0 radical (unpaired) electrons. The standard InChI is InChI=1S/C3H7BrO4P/c4-1-3(5)2-9(6,7)8/h6-8H,1-2H2/q+1. The fourth-order valence-corrected chi connectivity index (χ4v) is 1.37. The van der Waals surface area contributed by atoms with Crippen LogP contribution in [-0.2, 0) is 4.79 Å². The minimum atomic E-state index is -3.87. The van der Waals surface area contributed by atoms with Crippen LogP contribution in [0.15, 0.2) is 0 Å². The van der Waals surface area contributed by atoms with E-state index in [2.05, 4.69) is 15.9 Å². The first kappa shape index (κ1) is 9.46. The van der Waals surface area contributed by atoms with Crippen LogP contribution in [0.1, 0.15) is 0 Å². The molecule has 0 fully saturated rings. The Morgan fingerprint density at radius 1 is 1.44 bits per heavy atom. The second kappa shape index (κ2) is 3.58. The van der Waals surface area contributed by atoms with Gasteiger partial charge in [0.05, 0.1) is 5.33 Å². The second-order valence-electron chi connectivity index (χ2n) is 1.52. The summed E-state index contributed by atoms with van der Waals surface area (Å²) in [6, 6.07) is 0. The molecule has 4 nitrogen and oxygen atoms in total. The summed E-state index contributed by atoms with van der Waals surface area (Å²) in [5.74, 6) is -0.421. The van der Waals surface area contributed by atoms with E-state index in [9.17, 15) is 4.79 Å². The van der Waals surface area contributed by atoms with Crippen LogP contribution in [0.3, 0.4) is 0 Å². The van der Waals surface area contributed by atoms with Gasteiger partial charge in [-0.25, -0.2) is 0 Å². The first-order chi connectivity index (χ1) is 3.95. The highest BCUT2D eigenvalue weighted by molar-refractivity contribution is 9.09. The van der Waals surface area contributed by atoms with Crippen LogP contribution in [0.2, 0.25) is 0 Å². The molecule has 0 saturated heterocycles. The zero-order valence-corrected chi connectivity index (χ0v) is 6.97. The number of Topliss-reactive ketones (excluding diaryl/α,β-unsaturated/α-hetero) is 1. The van der Waals surface area contributed by atoms with Gasteiger partial charge in [0.25, 0.3) is 0 Å². The molecule has 0 aromatic rings. The lowest BCUT2D eigenvalue weighted by Gasteiger charge is -1.99. The summed E-state index contributed by atoms with van der Waals surface area (Å²) in [7, 11) is -3.87. The van der Waals surface area contributed by atoms with Gasteiger partial charge in [0, 0.05) is 0 Å². The normalized spacial score (nSPS) is 11.6. The quantitative estimate of drug-likeness (QED) is 0.448. The molecule has 0 aliphatic heterocycles. The zero-order valence-electron chi connectivity index (χ0n) is 4.49. The monoisotopic (exact) mass is 217 g/mol. The Hall–Kier alpha value is 0.460. The summed E-state index contributed by atoms with van der Waals surface area (Å²) >= 11 is 2.80. The van der Waals surface area contributed by atoms with Gasteiger partial charge in [0.1, 0.15) is 0 Å². The van der Waals surface area contributed by atoms with E-state index in [4.69, 9.17) is 14.7 Å². The molecule has 0 saturated carbocycles. The largest absolute Gasteiger partial charge is 0.411 e. The van der Waals surface area contributed by atoms with E-state index in [0.717, 1.165) is 0 Å². The minimum absolute atomic E-state index is 0.0381. The third-order valence-corrected chi connectivity index (χ3v) is 1.94. The van der Waals surface area contributed by atoms with Crippen molar-refractivity contribution in [2.24, 2.45) is 0 Å². The van der Waals surface area contributed by atoms with Crippen molar-refractivity contribution in [3.05, 3.63) is 0 Å². The van der Waals surface area contributed by atoms with Gasteiger partial charge < -0.3 is 0 Å². The SMILES string of the molecule is O=C(CBr)C[P+](O)(O)O. The molecule has 0 spiro atoms. The summed E-state index contributed by atoms with van der Waals surface area (Å²) in [6.45, 7) is 0. The van der Waals surface area contributed by atoms with Gasteiger partial charge in [-0.1, -0.05) is 15.9 Å². The lowest BCUT2D eigenvalue weighted by Crippen LogP contribution is -2.09. The molecule has 54 valence electrons. The molecule has 0 heterocycles. The summed E-state index contributed by atoms with van der Waals surface area (Å²) in [6.07, 6.45) is -0.557. The van der Waals surface area contributed by atoms with Gasteiger partial charge in [0.15, 0.2) is 11.9 Å². The molecular formula is C3H7BrO4P+. The molecule has 0 aliphatic rings. The van der Waals surface area contributed by atoms with Crippen molar-refractivity contribution in [2.45, 2.75) is 0 Å². The van der Waals surface area contributed by atoms with Gasteiger partial charge in [0.2, 0.25) is 0 Å². The molecule has 0 aromatic heterocycles. The number of hydrogen-bond donors (Lipinski definition) is 3. The highest BCUT2D eigenvalue weighted by Crippen LogP contribution is 2.43. The van der Waals surface area contributed by atoms with Crippen LogP contribution in [0, 0.1) is 0 Å². The van der Waals surface area contributed by atoms with Crippen LogP contribution in [0.5, 0.6) is 0 Å². The number of hydrogen-bond acceptors (Lipinski definition) is 4. The first-order valence-electron chi connectivity index (χ1n) is 2.09. The maximum Gasteiger partial charge on any atom is 0.411 e. The number of alkyl halides is 1. The Kier molecular flexibility index (Phi) is 3.77. The average Bonchev–Trinajstić information content (AvgIpc) is 1.62. The van der Waals surface area contributed by atoms with Crippen LogP contribution in [0.25, 0.3) is 0 Å². The van der Waals surface area contributed by atoms with Gasteiger partial charge in [-0.05, 0) is 0 Å². The maximum absolute atomic E-state index is 10.3. The second-order valence-corrected chi connectivity index (χ2v) is 3.79. The van der Waals surface area contributed by atoms with E-state index in [1.165, 1.54) is 0 Å². The Labute approximate surface area is 61.2 Å². The Bertz CT molecular complexity index is 109. The molecule has 0 unspecified atom stereocenters. The van der Waals surface area contributed by atoms with E-state index in [1.807, 2.05) is 0 Å². The molecule has 0 bridgehead atoms. The van der Waals surface area contributed by atoms with Crippen LogP contribution >= 0.6 is 23.9 Å². The van der Waals surface area contributed by atoms with Gasteiger partial charge in [-0.3, -0.25) is 4.79 Å². The highest BCUT2D eigenvalue weighted by Gasteiger charge is 2.32. The molecular weight excluding hydrogens is 211 g/mol. The van der Waals surface area contributed by atoms with Crippen molar-refractivity contribution in [3.8, 4) is 0 Å². The van der Waals surface area contributed by atoms with E-state index >= 15 is 0 Å².